The molecule has 0 aromatic carbocycles. The largest absolute Gasteiger partial charge is 0.300 e. The van der Waals surface area contributed by atoms with E-state index in [4.69, 9.17) is 0 Å². The molecular weight excluding hydrogens is 242 g/mol. The fourth-order valence-corrected chi connectivity index (χ4v) is 5.13. The summed E-state index contributed by atoms with van der Waals surface area (Å²) in [6.45, 7) is 0. The first-order chi connectivity index (χ1) is 8.78. The van der Waals surface area contributed by atoms with Gasteiger partial charge in [-0.1, -0.05) is 6.42 Å². The lowest BCUT2D eigenvalue weighted by Crippen LogP contribution is -2.57. The predicted octanol–water partition coefficient (Wildman–Crippen LogP) is 3.25. The maximum absolute atomic E-state index is 11.8. The van der Waals surface area contributed by atoms with E-state index in [1.807, 2.05) is 11.8 Å². The minimum absolute atomic E-state index is 0.527. The number of nitrogens with zero attached hydrogens (tertiary/aromatic N) is 1. The van der Waals surface area contributed by atoms with E-state index in [1.165, 1.54) is 44.9 Å². The quantitative estimate of drug-likeness (QED) is 0.766. The Morgan fingerprint density at radius 3 is 2.11 bits per heavy atom. The van der Waals surface area contributed by atoms with Gasteiger partial charge in [0.2, 0.25) is 0 Å². The van der Waals surface area contributed by atoms with Gasteiger partial charge in [-0.05, 0) is 44.8 Å². The predicted molar refractivity (Wildman–Crippen MR) is 77.1 cm³/mol. The van der Waals surface area contributed by atoms with Crippen molar-refractivity contribution in [2.75, 3.05) is 6.26 Å². The van der Waals surface area contributed by atoms with E-state index in [0.717, 1.165) is 24.1 Å². The van der Waals surface area contributed by atoms with Crippen LogP contribution in [0.25, 0.3) is 0 Å². The van der Waals surface area contributed by atoms with E-state index in [-0.39, 0.29) is 0 Å². The zero-order valence-electron chi connectivity index (χ0n) is 11.4. The molecule has 102 valence electrons. The molecular formula is C15H25NOS. The van der Waals surface area contributed by atoms with Crippen molar-refractivity contribution in [3.05, 3.63) is 0 Å². The molecule has 2 saturated heterocycles. The van der Waals surface area contributed by atoms with E-state index in [1.54, 1.807) is 0 Å². The molecule has 3 fully saturated rings. The highest BCUT2D eigenvalue weighted by Crippen LogP contribution is 2.39. The summed E-state index contributed by atoms with van der Waals surface area (Å²) in [6.07, 6.45) is 13.3. The van der Waals surface area contributed by atoms with Crippen molar-refractivity contribution in [2.45, 2.75) is 81.2 Å². The monoisotopic (exact) mass is 267 g/mol. The van der Waals surface area contributed by atoms with Crippen LogP contribution in [0, 0.1) is 0 Å². The molecule has 1 aliphatic carbocycles. The summed E-state index contributed by atoms with van der Waals surface area (Å²) in [7, 11) is 0. The molecule has 2 nitrogen and oxygen atoms in total. The Morgan fingerprint density at radius 2 is 1.56 bits per heavy atom. The zero-order chi connectivity index (χ0) is 12.5. The molecule has 2 atom stereocenters. The second kappa shape index (κ2) is 5.54. The third-order valence-electron chi connectivity index (χ3n) is 5.24. The fourth-order valence-electron chi connectivity index (χ4n) is 4.38. The van der Waals surface area contributed by atoms with Gasteiger partial charge in [0.1, 0.15) is 5.78 Å². The maximum atomic E-state index is 11.8. The molecule has 0 radical (unpaired) electrons. The van der Waals surface area contributed by atoms with Gasteiger partial charge in [-0.15, -0.1) is 0 Å². The molecule has 0 aromatic rings. The lowest BCUT2D eigenvalue weighted by atomic mass is 9.80. The Balaban J connectivity index is 1.66. The Kier molecular flexibility index (Phi) is 4.00. The van der Waals surface area contributed by atoms with Crippen LogP contribution in [-0.2, 0) is 4.79 Å². The first-order valence-corrected chi connectivity index (χ1v) is 8.88. The van der Waals surface area contributed by atoms with E-state index in [0.29, 0.717) is 17.9 Å². The van der Waals surface area contributed by atoms with E-state index in [9.17, 15) is 4.79 Å². The second-order valence-corrected chi connectivity index (χ2v) is 7.44. The maximum Gasteiger partial charge on any atom is 0.136 e. The van der Waals surface area contributed by atoms with Gasteiger partial charge in [-0.25, -0.2) is 0 Å². The van der Waals surface area contributed by atoms with Crippen LogP contribution in [0.3, 0.4) is 0 Å². The summed E-state index contributed by atoms with van der Waals surface area (Å²) in [5.41, 5.74) is 0. The number of thioether (sulfide) groups is 1. The van der Waals surface area contributed by atoms with Crippen LogP contribution in [0.1, 0.15) is 57.8 Å². The highest BCUT2D eigenvalue weighted by molar-refractivity contribution is 7.99. The Labute approximate surface area is 115 Å². The standard InChI is InChI=1S/C15H25NOS/c1-18-15-7-5-11(6-8-15)16-12-3-2-4-13(16)10-14(17)9-12/h11-13,15H,2-10H2,1H3. The van der Waals surface area contributed by atoms with Crippen LogP contribution in [-0.4, -0.2) is 40.3 Å². The molecule has 0 amide bonds. The Morgan fingerprint density at radius 1 is 0.944 bits per heavy atom. The average molecular weight is 267 g/mol. The van der Waals surface area contributed by atoms with Gasteiger partial charge in [-0.3, -0.25) is 9.69 Å². The number of hydrogen-bond acceptors (Lipinski definition) is 3. The Bertz CT molecular complexity index is 296. The minimum Gasteiger partial charge on any atom is -0.300 e. The molecule has 0 aromatic heterocycles. The third kappa shape index (κ3) is 2.49. The molecule has 2 aliphatic heterocycles. The summed E-state index contributed by atoms with van der Waals surface area (Å²) >= 11 is 2.04. The topological polar surface area (TPSA) is 20.3 Å². The van der Waals surface area contributed by atoms with Gasteiger partial charge in [-0.2, -0.15) is 11.8 Å². The van der Waals surface area contributed by atoms with E-state index >= 15 is 0 Å². The summed E-state index contributed by atoms with van der Waals surface area (Å²) in [5.74, 6) is 0.527. The smallest absolute Gasteiger partial charge is 0.136 e. The summed E-state index contributed by atoms with van der Waals surface area (Å²) in [5, 5.41) is 0.896. The number of Topliss-reactive ketones (excluding diaryl/α,β-unsaturated/α-hetero) is 1. The molecule has 2 heterocycles. The molecule has 3 aliphatic rings. The van der Waals surface area contributed by atoms with Crippen LogP contribution in [0.2, 0.25) is 0 Å². The fraction of sp³-hybridized carbons (Fsp3) is 0.933. The van der Waals surface area contributed by atoms with Crippen LogP contribution >= 0.6 is 11.8 Å². The number of piperidine rings is 2. The second-order valence-electron chi connectivity index (χ2n) is 6.30. The van der Waals surface area contributed by atoms with Gasteiger partial charge >= 0.3 is 0 Å². The molecule has 3 heteroatoms. The van der Waals surface area contributed by atoms with Crippen LogP contribution in [0.15, 0.2) is 0 Å². The molecule has 18 heavy (non-hydrogen) atoms. The Hall–Kier alpha value is -0.0200. The van der Waals surface area contributed by atoms with Crippen molar-refractivity contribution in [3.63, 3.8) is 0 Å². The van der Waals surface area contributed by atoms with Crippen LogP contribution in [0.4, 0.5) is 0 Å². The third-order valence-corrected chi connectivity index (χ3v) is 6.38. The molecule has 2 unspecified atom stereocenters. The van der Waals surface area contributed by atoms with Crippen molar-refractivity contribution in [1.82, 2.24) is 4.90 Å². The van der Waals surface area contributed by atoms with Crippen molar-refractivity contribution in [2.24, 2.45) is 0 Å². The molecule has 3 rings (SSSR count). The number of fused-ring (bicyclic) bond motifs is 2. The number of ketones is 1. The van der Waals surface area contributed by atoms with Gasteiger partial charge in [0.15, 0.2) is 0 Å². The normalized spacial score (nSPS) is 41.9. The number of carbonyl (C=O) groups is 1. The zero-order valence-corrected chi connectivity index (χ0v) is 12.3. The number of rotatable bonds is 2. The summed E-state index contributed by atoms with van der Waals surface area (Å²) in [4.78, 5) is 14.6. The highest BCUT2D eigenvalue weighted by Gasteiger charge is 2.41. The molecule has 0 N–H and O–H groups in total. The van der Waals surface area contributed by atoms with Crippen molar-refractivity contribution in [3.8, 4) is 0 Å². The average Bonchev–Trinajstić information content (AvgIpc) is 2.38. The molecule has 0 spiro atoms. The highest BCUT2D eigenvalue weighted by atomic mass is 32.2. The lowest BCUT2D eigenvalue weighted by molar-refractivity contribution is -0.129. The van der Waals surface area contributed by atoms with E-state index in [2.05, 4.69) is 11.2 Å². The number of carbonyl (C=O) groups excluding carboxylic acids is 1. The van der Waals surface area contributed by atoms with Gasteiger partial charge in [0.25, 0.3) is 0 Å². The van der Waals surface area contributed by atoms with Gasteiger partial charge < -0.3 is 0 Å². The summed E-state index contributed by atoms with van der Waals surface area (Å²) < 4.78 is 0. The first kappa shape index (κ1) is 13.0. The van der Waals surface area contributed by atoms with Crippen molar-refractivity contribution in [1.29, 1.82) is 0 Å². The molecule has 1 saturated carbocycles. The van der Waals surface area contributed by atoms with Crippen molar-refractivity contribution < 1.29 is 4.79 Å². The van der Waals surface area contributed by atoms with E-state index < -0.39 is 0 Å². The van der Waals surface area contributed by atoms with Crippen LogP contribution in [0.5, 0.6) is 0 Å². The molecule has 2 bridgehead atoms. The van der Waals surface area contributed by atoms with Gasteiger partial charge in [0.05, 0.1) is 0 Å². The number of hydrogen-bond donors (Lipinski definition) is 0. The van der Waals surface area contributed by atoms with Crippen LogP contribution < -0.4 is 0 Å². The summed E-state index contributed by atoms with van der Waals surface area (Å²) in [6, 6.07) is 1.98. The minimum atomic E-state index is 0.527. The lowest BCUT2D eigenvalue weighted by Gasteiger charge is -2.51. The van der Waals surface area contributed by atoms with Crippen molar-refractivity contribution >= 4 is 17.5 Å². The SMILES string of the molecule is CSC1CCC(N2C3CCCC2CC(=O)C3)CC1. The first-order valence-electron chi connectivity index (χ1n) is 7.60. The van der Waals surface area contributed by atoms with Gasteiger partial charge in [0, 0.05) is 36.2 Å².